The van der Waals surface area contributed by atoms with E-state index in [1.54, 1.807) is 0 Å². The van der Waals surface area contributed by atoms with Crippen LogP contribution in [0, 0.1) is 25.5 Å². The van der Waals surface area contributed by atoms with Crippen LogP contribution in [0.2, 0.25) is 0 Å². The van der Waals surface area contributed by atoms with Gasteiger partial charge in [0.1, 0.15) is 5.82 Å². The molecule has 1 aliphatic rings. The van der Waals surface area contributed by atoms with Crippen molar-refractivity contribution in [2.45, 2.75) is 51.4 Å². The number of benzene rings is 1. The Morgan fingerprint density at radius 2 is 2.10 bits per heavy atom. The average molecular weight is 430 g/mol. The van der Waals surface area contributed by atoms with E-state index in [0.717, 1.165) is 41.3 Å². The molecule has 0 unspecified atom stereocenters. The number of carbonyl (C=O) groups excluding carboxylic acids is 1. The number of rotatable bonds is 7. The number of aromatic amines is 1. The monoisotopic (exact) mass is 429 g/mol. The predicted molar refractivity (Wildman–Crippen MR) is 114 cm³/mol. The molecule has 2 heterocycles. The molecule has 0 spiro atoms. The Balaban J connectivity index is 1.42. The summed E-state index contributed by atoms with van der Waals surface area (Å²) in [6, 6.07) is 6.69. The molecule has 2 N–H and O–H groups in total. The molecule has 4 rings (SSSR count). The SMILES string of the molecule is Cc1ccc(C)c(-n2c(C)nnc2SCC(=O)NCc2n[nH]c(=S)n2C2CC2)c1. The number of aryl methyl sites for hydroxylation is 3. The highest BCUT2D eigenvalue weighted by Gasteiger charge is 2.27. The first-order valence-electron chi connectivity index (χ1n) is 9.49. The lowest BCUT2D eigenvalue weighted by atomic mass is 10.1. The van der Waals surface area contributed by atoms with E-state index in [-0.39, 0.29) is 11.7 Å². The van der Waals surface area contributed by atoms with Crippen LogP contribution in [0.1, 0.15) is 41.7 Å². The Morgan fingerprint density at radius 1 is 1.31 bits per heavy atom. The van der Waals surface area contributed by atoms with E-state index in [0.29, 0.717) is 22.5 Å². The van der Waals surface area contributed by atoms with Crippen molar-refractivity contribution < 1.29 is 4.79 Å². The van der Waals surface area contributed by atoms with E-state index in [2.05, 4.69) is 57.8 Å². The third kappa shape index (κ3) is 4.27. The molecule has 29 heavy (non-hydrogen) atoms. The molecule has 2 aromatic heterocycles. The van der Waals surface area contributed by atoms with Crippen molar-refractivity contribution in [3.05, 3.63) is 45.7 Å². The van der Waals surface area contributed by atoms with Gasteiger partial charge in [-0.3, -0.25) is 19.0 Å². The zero-order chi connectivity index (χ0) is 20.5. The Bertz CT molecular complexity index is 1110. The van der Waals surface area contributed by atoms with Crippen LogP contribution in [0.25, 0.3) is 5.69 Å². The highest BCUT2D eigenvalue weighted by Crippen LogP contribution is 2.35. The summed E-state index contributed by atoms with van der Waals surface area (Å²) in [4.78, 5) is 12.4. The fourth-order valence-electron chi connectivity index (χ4n) is 3.20. The van der Waals surface area contributed by atoms with E-state index in [1.807, 2.05) is 16.1 Å². The number of aromatic nitrogens is 6. The second kappa shape index (κ2) is 8.11. The molecule has 1 aromatic carbocycles. The molecule has 8 nitrogen and oxygen atoms in total. The second-order valence-corrected chi connectivity index (χ2v) is 8.60. The van der Waals surface area contributed by atoms with Gasteiger partial charge in [0.05, 0.1) is 18.0 Å². The average Bonchev–Trinajstić information content (AvgIpc) is 3.36. The van der Waals surface area contributed by atoms with Gasteiger partial charge in [0.15, 0.2) is 15.8 Å². The van der Waals surface area contributed by atoms with Gasteiger partial charge in [0.2, 0.25) is 5.91 Å². The van der Waals surface area contributed by atoms with Gasteiger partial charge in [-0.25, -0.2) is 0 Å². The van der Waals surface area contributed by atoms with Crippen LogP contribution in [-0.2, 0) is 11.3 Å². The summed E-state index contributed by atoms with van der Waals surface area (Å²) in [5.41, 5.74) is 3.33. The first-order chi connectivity index (χ1) is 13.9. The molecular formula is C19H23N7OS2. The van der Waals surface area contributed by atoms with Crippen LogP contribution >= 0.6 is 24.0 Å². The van der Waals surface area contributed by atoms with Crippen LogP contribution in [0.3, 0.4) is 0 Å². The summed E-state index contributed by atoms with van der Waals surface area (Å²) in [5.74, 6) is 1.73. The standard InChI is InChI=1S/C19H23N7OS2/c1-11-4-5-12(2)15(8-11)25-13(3)21-24-19(25)29-10-17(27)20-9-16-22-23-18(28)26(16)14-6-7-14/h4-5,8,14H,6-7,9-10H2,1-3H3,(H,20,27)(H,23,28). The van der Waals surface area contributed by atoms with Crippen molar-refractivity contribution in [1.29, 1.82) is 0 Å². The number of hydrogen-bond donors (Lipinski definition) is 2. The van der Waals surface area contributed by atoms with Crippen molar-refractivity contribution >= 4 is 29.9 Å². The fourth-order valence-corrected chi connectivity index (χ4v) is 4.32. The molecular weight excluding hydrogens is 406 g/mol. The number of nitrogens with zero attached hydrogens (tertiary/aromatic N) is 5. The topological polar surface area (TPSA) is 93.4 Å². The summed E-state index contributed by atoms with van der Waals surface area (Å²) in [5, 5.41) is 19.2. The summed E-state index contributed by atoms with van der Waals surface area (Å²) < 4.78 is 4.62. The molecule has 0 bridgehead atoms. The Morgan fingerprint density at radius 3 is 2.86 bits per heavy atom. The van der Waals surface area contributed by atoms with Gasteiger partial charge < -0.3 is 5.32 Å². The quantitative estimate of drug-likeness (QED) is 0.443. The van der Waals surface area contributed by atoms with Crippen molar-refractivity contribution in [3.63, 3.8) is 0 Å². The van der Waals surface area contributed by atoms with Gasteiger partial charge in [-0.15, -0.1) is 10.2 Å². The zero-order valence-electron chi connectivity index (χ0n) is 16.6. The predicted octanol–water partition coefficient (Wildman–Crippen LogP) is 3.19. The molecule has 3 aromatic rings. The van der Waals surface area contributed by atoms with Crippen LogP contribution in [0.4, 0.5) is 0 Å². The van der Waals surface area contributed by atoms with Gasteiger partial charge in [-0.2, -0.15) is 5.10 Å². The fraction of sp³-hybridized carbons (Fsp3) is 0.421. The van der Waals surface area contributed by atoms with Crippen molar-refractivity contribution in [1.82, 2.24) is 34.8 Å². The number of nitrogens with one attached hydrogen (secondary N) is 2. The van der Waals surface area contributed by atoms with Gasteiger partial charge >= 0.3 is 0 Å². The molecule has 1 fully saturated rings. The summed E-state index contributed by atoms with van der Waals surface area (Å²) in [6.45, 7) is 6.38. The molecule has 1 aliphatic carbocycles. The second-order valence-electron chi connectivity index (χ2n) is 7.27. The van der Waals surface area contributed by atoms with E-state index in [1.165, 1.54) is 11.8 Å². The zero-order valence-corrected chi connectivity index (χ0v) is 18.2. The summed E-state index contributed by atoms with van der Waals surface area (Å²) in [7, 11) is 0. The van der Waals surface area contributed by atoms with Crippen molar-refractivity contribution in [3.8, 4) is 5.69 Å². The number of hydrogen-bond acceptors (Lipinski definition) is 6. The third-order valence-electron chi connectivity index (χ3n) is 4.87. The van der Waals surface area contributed by atoms with Crippen LogP contribution < -0.4 is 5.32 Å². The molecule has 10 heteroatoms. The van der Waals surface area contributed by atoms with Crippen molar-refractivity contribution in [2.24, 2.45) is 0 Å². The highest BCUT2D eigenvalue weighted by atomic mass is 32.2. The number of amides is 1. The lowest BCUT2D eigenvalue weighted by Crippen LogP contribution is -2.26. The molecule has 1 amide bonds. The Labute approximate surface area is 178 Å². The maximum atomic E-state index is 12.4. The van der Waals surface area contributed by atoms with Gasteiger partial charge in [-0.1, -0.05) is 23.9 Å². The van der Waals surface area contributed by atoms with Crippen molar-refractivity contribution in [2.75, 3.05) is 5.75 Å². The van der Waals surface area contributed by atoms with E-state index >= 15 is 0 Å². The number of H-pyrrole nitrogens is 1. The van der Waals surface area contributed by atoms with Crippen LogP contribution in [0.5, 0.6) is 0 Å². The van der Waals surface area contributed by atoms with Crippen LogP contribution in [0.15, 0.2) is 23.4 Å². The highest BCUT2D eigenvalue weighted by molar-refractivity contribution is 7.99. The lowest BCUT2D eigenvalue weighted by molar-refractivity contribution is -0.118. The van der Waals surface area contributed by atoms with Gasteiger partial charge in [-0.05, 0) is 63.0 Å². The largest absolute Gasteiger partial charge is 0.348 e. The first kappa shape index (κ1) is 19.8. The minimum absolute atomic E-state index is 0.0839. The normalized spacial score (nSPS) is 13.6. The lowest BCUT2D eigenvalue weighted by Gasteiger charge is -2.12. The number of carbonyl (C=O) groups is 1. The molecule has 0 aliphatic heterocycles. The van der Waals surface area contributed by atoms with Crippen LogP contribution in [-0.4, -0.2) is 41.2 Å². The molecule has 1 saturated carbocycles. The molecule has 152 valence electrons. The summed E-state index contributed by atoms with van der Waals surface area (Å²) >= 11 is 6.65. The summed E-state index contributed by atoms with van der Waals surface area (Å²) in [6.07, 6.45) is 2.22. The Kier molecular flexibility index (Phi) is 5.55. The Hall–Kier alpha value is -2.46. The van der Waals surface area contributed by atoms with Gasteiger partial charge in [0, 0.05) is 6.04 Å². The molecule has 0 saturated heterocycles. The first-order valence-corrected chi connectivity index (χ1v) is 10.9. The minimum Gasteiger partial charge on any atom is -0.348 e. The van der Waals surface area contributed by atoms with Gasteiger partial charge in [0.25, 0.3) is 0 Å². The third-order valence-corrected chi connectivity index (χ3v) is 6.08. The molecule has 0 radical (unpaired) electrons. The van der Waals surface area contributed by atoms with E-state index < -0.39 is 0 Å². The molecule has 0 atom stereocenters. The maximum Gasteiger partial charge on any atom is 0.230 e. The number of thioether (sulfide) groups is 1. The smallest absolute Gasteiger partial charge is 0.230 e. The van der Waals surface area contributed by atoms with E-state index in [4.69, 9.17) is 12.2 Å². The van der Waals surface area contributed by atoms with E-state index in [9.17, 15) is 4.79 Å². The minimum atomic E-state index is -0.0839. The maximum absolute atomic E-state index is 12.4.